The van der Waals surface area contributed by atoms with E-state index in [1.807, 2.05) is 36.4 Å². The van der Waals surface area contributed by atoms with E-state index in [1.165, 1.54) is 9.58 Å². The highest BCUT2D eigenvalue weighted by molar-refractivity contribution is 7.99. The Morgan fingerprint density at radius 3 is 2.59 bits per heavy atom. The zero-order valence-corrected chi connectivity index (χ0v) is 15.7. The number of hydrogen-bond donors (Lipinski definition) is 1. The summed E-state index contributed by atoms with van der Waals surface area (Å²) in [5.41, 5.74) is 1.32. The highest BCUT2D eigenvalue weighted by atomic mass is 35.5. The summed E-state index contributed by atoms with van der Waals surface area (Å²) in [6.07, 6.45) is 0. The first-order valence-corrected chi connectivity index (χ1v) is 9.28. The molecule has 1 amide bonds. The van der Waals surface area contributed by atoms with Crippen LogP contribution in [0.15, 0.2) is 59.8 Å². The fraction of sp³-hybridized carbons (Fsp3) is 0.111. The van der Waals surface area contributed by atoms with Gasteiger partial charge in [0, 0.05) is 11.3 Å². The van der Waals surface area contributed by atoms with Gasteiger partial charge in [0.05, 0.1) is 16.8 Å². The Labute approximate surface area is 165 Å². The first kappa shape index (κ1) is 18.8. The Balaban J connectivity index is 1.74. The quantitative estimate of drug-likeness (QED) is 0.389. The van der Waals surface area contributed by atoms with Crippen molar-refractivity contribution in [3.63, 3.8) is 0 Å². The maximum atomic E-state index is 12.6. The summed E-state index contributed by atoms with van der Waals surface area (Å²) in [6.45, 7) is -0.0381. The molecule has 0 aliphatic carbocycles. The second-order valence-corrected chi connectivity index (χ2v) is 6.77. The predicted octanol–water partition coefficient (Wildman–Crippen LogP) is 2.96. The summed E-state index contributed by atoms with van der Waals surface area (Å²) in [6, 6.07) is 18.2. The highest BCUT2D eigenvalue weighted by Crippen LogP contribution is 2.27. The summed E-state index contributed by atoms with van der Waals surface area (Å²) in [7, 11) is 0. The Kier molecular flexibility index (Phi) is 5.96. The van der Waals surface area contributed by atoms with Gasteiger partial charge in [0.1, 0.15) is 6.54 Å². The molecule has 0 aliphatic heterocycles. The average Bonchev–Trinajstić information content (AvgIpc) is 3.05. The molecule has 1 heterocycles. The normalized spacial score (nSPS) is 10.4. The first-order chi connectivity index (χ1) is 13.1. The number of nitrogen functional groups attached to an aromatic ring is 1. The summed E-state index contributed by atoms with van der Waals surface area (Å²) < 4.78 is 1.30. The van der Waals surface area contributed by atoms with Gasteiger partial charge in [-0.2, -0.15) is 5.26 Å². The van der Waals surface area contributed by atoms with E-state index in [-0.39, 0.29) is 18.2 Å². The van der Waals surface area contributed by atoms with Crippen molar-refractivity contribution in [2.75, 3.05) is 23.0 Å². The fourth-order valence-electron chi connectivity index (χ4n) is 2.41. The van der Waals surface area contributed by atoms with Crippen molar-refractivity contribution in [3.05, 3.63) is 59.6 Å². The Morgan fingerprint density at radius 2 is 1.89 bits per heavy atom. The van der Waals surface area contributed by atoms with Crippen LogP contribution in [-0.4, -0.2) is 33.1 Å². The number of rotatable bonds is 6. The molecule has 0 spiro atoms. The predicted molar refractivity (Wildman–Crippen MR) is 106 cm³/mol. The number of anilines is 1. The van der Waals surface area contributed by atoms with E-state index in [1.54, 1.807) is 24.3 Å². The molecular formula is C18H15ClN6OS. The molecule has 0 radical (unpaired) electrons. The number of thioether (sulfide) groups is 1. The van der Waals surface area contributed by atoms with Gasteiger partial charge in [-0.05, 0) is 24.3 Å². The summed E-state index contributed by atoms with van der Waals surface area (Å²) in [4.78, 5) is 14.0. The lowest BCUT2D eigenvalue weighted by Gasteiger charge is -2.19. The average molecular weight is 399 g/mol. The van der Waals surface area contributed by atoms with Crippen molar-refractivity contribution in [2.24, 2.45) is 0 Å². The van der Waals surface area contributed by atoms with Crippen molar-refractivity contribution in [3.8, 4) is 17.5 Å². The number of nitriles is 1. The Bertz CT molecular complexity index is 985. The van der Waals surface area contributed by atoms with E-state index >= 15 is 0 Å². The van der Waals surface area contributed by atoms with Gasteiger partial charge in [-0.25, -0.2) is 4.68 Å². The van der Waals surface area contributed by atoms with E-state index < -0.39 is 0 Å². The van der Waals surface area contributed by atoms with Gasteiger partial charge in [0.15, 0.2) is 5.82 Å². The minimum absolute atomic E-state index is 0.0381. The zero-order valence-electron chi connectivity index (χ0n) is 14.1. The molecule has 0 saturated carbocycles. The number of aromatic nitrogens is 3. The van der Waals surface area contributed by atoms with E-state index in [2.05, 4.69) is 10.2 Å². The number of nitrogens with zero attached hydrogens (tertiary/aromatic N) is 5. The SMILES string of the molecule is N#CCN(C(=O)CSc1nnc(-c2ccccc2Cl)n1N)c1ccccc1. The number of halogens is 1. The summed E-state index contributed by atoms with van der Waals surface area (Å²) in [5, 5.41) is 18.0. The lowest BCUT2D eigenvalue weighted by atomic mass is 10.2. The van der Waals surface area contributed by atoms with Crippen LogP contribution in [0.4, 0.5) is 5.69 Å². The summed E-state index contributed by atoms with van der Waals surface area (Å²) in [5.74, 6) is 6.32. The molecule has 3 rings (SSSR count). The van der Waals surface area contributed by atoms with Crippen LogP contribution in [-0.2, 0) is 4.79 Å². The maximum Gasteiger partial charge on any atom is 0.238 e. The summed E-state index contributed by atoms with van der Waals surface area (Å²) >= 11 is 7.32. The molecule has 136 valence electrons. The van der Waals surface area contributed by atoms with Gasteiger partial charge >= 0.3 is 0 Å². The monoisotopic (exact) mass is 398 g/mol. The molecule has 27 heavy (non-hydrogen) atoms. The smallest absolute Gasteiger partial charge is 0.238 e. The number of nitrogens with two attached hydrogens (primary N) is 1. The molecule has 0 atom stereocenters. The van der Waals surface area contributed by atoms with E-state index in [0.29, 0.717) is 27.3 Å². The van der Waals surface area contributed by atoms with E-state index in [9.17, 15) is 4.79 Å². The molecule has 0 unspecified atom stereocenters. The zero-order chi connectivity index (χ0) is 19.2. The Hall–Kier alpha value is -3.02. The lowest BCUT2D eigenvalue weighted by molar-refractivity contribution is -0.116. The highest BCUT2D eigenvalue weighted by Gasteiger charge is 2.19. The molecule has 9 heteroatoms. The standard InChI is InChI=1S/C18H15ClN6OS/c19-15-9-5-4-8-14(15)17-22-23-18(25(17)21)27-12-16(26)24(11-10-20)13-6-2-1-3-7-13/h1-9H,11-12,21H2. The molecule has 1 aromatic heterocycles. The van der Waals surface area contributed by atoms with Gasteiger partial charge in [-0.15, -0.1) is 10.2 Å². The molecule has 0 aliphatic rings. The van der Waals surface area contributed by atoms with Gasteiger partial charge in [0.25, 0.3) is 0 Å². The third-order valence-corrected chi connectivity index (χ3v) is 4.96. The molecule has 0 fully saturated rings. The van der Waals surface area contributed by atoms with Crippen LogP contribution >= 0.6 is 23.4 Å². The van der Waals surface area contributed by atoms with E-state index in [0.717, 1.165) is 11.8 Å². The second-order valence-electron chi connectivity index (χ2n) is 5.42. The first-order valence-electron chi connectivity index (χ1n) is 7.92. The lowest BCUT2D eigenvalue weighted by Crippen LogP contribution is -2.32. The Morgan fingerprint density at radius 1 is 1.19 bits per heavy atom. The number of amides is 1. The van der Waals surface area contributed by atoms with Crippen LogP contribution in [0.3, 0.4) is 0 Å². The van der Waals surface area contributed by atoms with Crippen LogP contribution in [0, 0.1) is 11.3 Å². The van der Waals surface area contributed by atoms with Crippen LogP contribution in [0.1, 0.15) is 0 Å². The minimum Gasteiger partial charge on any atom is -0.335 e. The van der Waals surface area contributed by atoms with Crippen molar-refractivity contribution in [1.29, 1.82) is 5.26 Å². The van der Waals surface area contributed by atoms with Crippen LogP contribution < -0.4 is 10.7 Å². The number of carbonyl (C=O) groups excluding carboxylic acids is 1. The number of hydrogen-bond acceptors (Lipinski definition) is 6. The van der Waals surface area contributed by atoms with Crippen molar-refractivity contribution in [2.45, 2.75) is 5.16 Å². The van der Waals surface area contributed by atoms with Gasteiger partial charge < -0.3 is 5.84 Å². The molecule has 3 aromatic rings. The maximum absolute atomic E-state index is 12.6. The molecule has 2 aromatic carbocycles. The third kappa shape index (κ3) is 4.22. The largest absolute Gasteiger partial charge is 0.335 e. The second kappa shape index (κ2) is 8.58. The topological polar surface area (TPSA) is 101 Å². The fourth-order valence-corrected chi connectivity index (χ4v) is 3.36. The van der Waals surface area contributed by atoms with Crippen molar-refractivity contribution in [1.82, 2.24) is 14.9 Å². The van der Waals surface area contributed by atoms with Gasteiger partial charge in [-0.3, -0.25) is 9.69 Å². The number of benzene rings is 2. The van der Waals surface area contributed by atoms with Crippen LogP contribution in [0.2, 0.25) is 5.02 Å². The molecule has 7 nitrogen and oxygen atoms in total. The van der Waals surface area contributed by atoms with E-state index in [4.69, 9.17) is 22.7 Å². The van der Waals surface area contributed by atoms with Crippen LogP contribution in [0.5, 0.6) is 0 Å². The van der Waals surface area contributed by atoms with Crippen LogP contribution in [0.25, 0.3) is 11.4 Å². The number of carbonyl (C=O) groups is 1. The molecule has 0 saturated heterocycles. The number of para-hydroxylation sites is 1. The molecular weight excluding hydrogens is 384 g/mol. The van der Waals surface area contributed by atoms with Crippen molar-refractivity contribution >= 4 is 35.0 Å². The van der Waals surface area contributed by atoms with Gasteiger partial charge in [0.2, 0.25) is 11.1 Å². The molecule has 2 N–H and O–H groups in total. The minimum atomic E-state index is -0.227. The van der Waals surface area contributed by atoms with Crippen molar-refractivity contribution < 1.29 is 4.79 Å². The van der Waals surface area contributed by atoms with Gasteiger partial charge in [-0.1, -0.05) is 53.7 Å². The third-order valence-electron chi connectivity index (χ3n) is 3.70. The molecule has 0 bridgehead atoms.